The number of alkyl halides is 1. The van der Waals surface area contributed by atoms with Gasteiger partial charge in [0.25, 0.3) is 0 Å². The van der Waals surface area contributed by atoms with Gasteiger partial charge in [-0.15, -0.1) is 16.7 Å². The Morgan fingerprint density at radius 1 is 1.35 bits per heavy atom. The smallest absolute Gasteiger partial charge is 0.174 e. The molecule has 1 heterocycles. The van der Waals surface area contributed by atoms with Gasteiger partial charge in [0.1, 0.15) is 11.5 Å². The predicted molar refractivity (Wildman–Crippen MR) is 61.0 cm³/mol. The third-order valence-electron chi connectivity index (χ3n) is 2.07. The van der Waals surface area contributed by atoms with Crippen LogP contribution in [0.25, 0.3) is 5.69 Å². The maximum Gasteiger partial charge on any atom is 0.174 e. The molecule has 4 nitrogen and oxygen atoms in total. The third kappa shape index (κ3) is 2.30. The number of benzene rings is 1. The summed E-state index contributed by atoms with van der Waals surface area (Å²) >= 11 is 8.82. The molecule has 2 rings (SSSR count). The van der Waals surface area contributed by atoms with E-state index < -0.39 is 17.0 Å². The van der Waals surface area contributed by atoms with Gasteiger partial charge >= 0.3 is 0 Å². The van der Waals surface area contributed by atoms with Crippen LogP contribution in [0.1, 0.15) is 18.1 Å². The van der Waals surface area contributed by atoms with Crippen molar-refractivity contribution in [3.63, 3.8) is 0 Å². The van der Waals surface area contributed by atoms with Crippen LogP contribution in [-0.4, -0.2) is 20.2 Å². The Kier molecular flexibility index (Phi) is 3.39. The summed E-state index contributed by atoms with van der Waals surface area (Å²) in [6.45, 7) is 1.65. The summed E-state index contributed by atoms with van der Waals surface area (Å²) < 4.78 is 28.0. The second kappa shape index (κ2) is 4.66. The number of hydrogen-bond acceptors (Lipinski definition) is 3. The standard InChI is InChI=1S/C9H6BrClF2N4/c1-4(11)9-14-15-16-17(9)8-2-5(10)6(12)3-7(8)13/h2-4H,1H3. The van der Waals surface area contributed by atoms with Gasteiger partial charge in [-0.25, -0.2) is 8.78 Å². The van der Waals surface area contributed by atoms with Crippen molar-refractivity contribution < 1.29 is 8.78 Å². The van der Waals surface area contributed by atoms with Crippen molar-refractivity contribution in [1.29, 1.82) is 0 Å². The van der Waals surface area contributed by atoms with Crippen LogP contribution < -0.4 is 0 Å². The number of tetrazole rings is 1. The van der Waals surface area contributed by atoms with Crippen molar-refractivity contribution in [3.05, 3.63) is 34.1 Å². The van der Waals surface area contributed by atoms with E-state index in [9.17, 15) is 8.78 Å². The molecule has 17 heavy (non-hydrogen) atoms. The highest BCUT2D eigenvalue weighted by Gasteiger charge is 2.18. The molecule has 0 bridgehead atoms. The lowest BCUT2D eigenvalue weighted by Crippen LogP contribution is -2.06. The summed E-state index contributed by atoms with van der Waals surface area (Å²) in [4.78, 5) is 0. The van der Waals surface area contributed by atoms with Crippen LogP contribution in [0.3, 0.4) is 0 Å². The lowest BCUT2D eigenvalue weighted by atomic mass is 10.3. The maximum atomic E-state index is 13.6. The summed E-state index contributed by atoms with van der Waals surface area (Å²) in [6, 6.07) is 2.01. The van der Waals surface area contributed by atoms with E-state index >= 15 is 0 Å². The summed E-state index contributed by atoms with van der Waals surface area (Å²) in [5.41, 5.74) is 0.0331. The van der Waals surface area contributed by atoms with E-state index in [-0.39, 0.29) is 16.0 Å². The predicted octanol–water partition coefficient (Wildman–Crippen LogP) is 3.00. The van der Waals surface area contributed by atoms with Crippen LogP contribution >= 0.6 is 27.5 Å². The zero-order valence-electron chi connectivity index (χ0n) is 8.53. The monoisotopic (exact) mass is 322 g/mol. The van der Waals surface area contributed by atoms with Crippen LogP contribution in [0.15, 0.2) is 16.6 Å². The average molecular weight is 324 g/mol. The van der Waals surface area contributed by atoms with Crippen LogP contribution in [-0.2, 0) is 0 Å². The fourth-order valence-corrected chi connectivity index (χ4v) is 1.76. The molecular formula is C9H6BrClF2N4. The quantitative estimate of drug-likeness (QED) is 0.630. The van der Waals surface area contributed by atoms with Gasteiger partial charge in [-0.3, -0.25) is 0 Å². The van der Waals surface area contributed by atoms with Crippen molar-refractivity contribution in [1.82, 2.24) is 20.2 Å². The second-order valence-electron chi connectivity index (χ2n) is 3.28. The molecule has 1 aromatic heterocycles. The van der Waals surface area contributed by atoms with E-state index in [4.69, 9.17) is 11.6 Å². The number of rotatable bonds is 2. The SMILES string of the molecule is CC(Cl)c1nnnn1-c1cc(Br)c(F)cc1F. The molecule has 0 fully saturated rings. The molecule has 0 aliphatic rings. The largest absolute Gasteiger partial charge is 0.206 e. The van der Waals surface area contributed by atoms with E-state index in [1.807, 2.05) is 0 Å². The molecule has 0 saturated heterocycles. The van der Waals surface area contributed by atoms with E-state index in [0.717, 1.165) is 10.7 Å². The molecule has 2 aromatic rings. The Balaban J connectivity index is 2.60. The van der Waals surface area contributed by atoms with Crippen molar-refractivity contribution in [3.8, 4) is 5.69 Å². The lowest BCUT2D eigenvalue weighted by molar-refractivity contribution is 0.565. The molecular weight excluding hydrogens is 317 g/mol. The zero-order chi connectivity index (χ0) is 12.6. The summed E-state index contributed by atoms with van der Waals surface area (Å²) in [7, 11) is 0. The first-order valence-electron chi connectivity index (χ1n) is 4.58. The molecule has 90 valence electrons. The van der Waals surface area contributed by atoms with Crippen LogP contribution in [0.5, 0.6) is 0 Å². The molecule has 8 heteroatoms. The van der Waals surface area contributed by atoms with Crippen LogP contribution in [0.2, 0.25) is 0 Å². The van der Waals surface area contributed by atoms with E-state index in [2.05, 4.69) is 31.5 Å². The Hall–Kier alpha value is -1.08. The third-order valence-corrected chi connectivity index (χ3v) is 2.87. The van der Waals surface area contributed by atoms with Gasteiger partial charge in [-0.1, -0.05) is 0 Å². The summed E-state index contributed by atoms with van der Waals surface area (Å²) in [5.74, 6) is -1.18. The van der Waals surface area contributed by atoms with Crippen molar-refractivity contribution in [2.75, 3.05) is 0 Å². The van der Waals surface area contributed by atoms with Crippen molar-refractivity contribution >= 4 is 27.5 Å². The number of nitrogens with zero attached hydrogens (tertiary/aromatic N) is 4. The fourth-order valence-electron chi connectivity index (χ4n) is 1.29. The molecule has 0 N–H and O–H groups in total. The summed E-state index contributed by atoms with van der Waals surface area (Å²) in [6.07, 6.45) is 0. The van der Waals surface area contributed by atoms with Gasteiger partial charge in [-0.2, -0.15) is 4.68 Å². The van der Waals surface area contributed by atoms with Crippen LogP contribution in [0.4, 0.5) is 8.78 Å². The normalized spacial score (nSPS) is 12.8. The number of hydrogen-bond donors (Lipinski definition) is 0. The first-order valence-corrected chi connectivity index (χ1v) is 5.81. The van der Waals surface area contributed by atoms with Crippen LogP contribution in [0, 0.1) is 11.6 Å². The number of halogens is 4. The van der Waals surface area contributed by atoms with Crippen molar-refractivity contribution in [2.45, 2.75) is 12.3 Å². The Morgan fingerprint density at radius 2 is 2.06 bits per heavy atom. The lowest BCUT2D eigenvalue weighted by Gasteiger charge is -2.07. The van der Waals surface area contributed by atoms with Gasteiger partial charge in [0, 0.05) is 6.07 Å². The molecule has 0 amide bonds. The van der Waals surface area contributed by atoms with Gasteiger partial charge in [0.15, 0.2) is 11.6 Å². The Morgan fingerprint density at radius 3 is 2.71 bits per heavy atom. The molecule has 0 aliphatic carbocycles. The molecule has 0 aliphatic heterocycles. The zero-order valence-corrected chi connectivity index (χ0v) is 10.9. The molecule has 1 aromatic carbocycles. The first kappa shape index (κ1) is 12.4. The topological polar surface area (TPSA) is 43.6 Å². The Labute approximate surface area is 109 Å². The van der Waals surface area contributed by atoms with E-state index in [1.54, 1.807) is 6.92 Å². The average Bonchev–Trinajstić information content (AvgIpc) is 2.72. The van der Waals surface area contributed by atoms with Gasteiger partial charge in [0.05, 0.1) is 9.85 Å². The minimum absolute atomic E-state index is 0.0331. The van der Waals surface area contributed by atoms with Gasteiger partial charge < -0.3 is 0 Å². The molecule has 0 spiro atoms. The maximum absolute atomic E-state index is 13.6. The minimum Gasteiger partial charge on any atom is -0.206 e. The highest BCUT2D eigenvalue weighted by molar-refractivity contribution is 9.10. The fraction of sp³-hybridized carbons (Fsp3) is 0.222. The highest BCUT2D eigenvalue weighted by atomic mass is 79.9. The molecule has 1 unspecified atom stereocenters. The Bertz CT molecular complexity index is 558. The molecule has 1 atom stereocenters. The van der Waals surface area contributed by atoms with Crippen molar-refractivity contribution in [2.24, 2.45) is 0 Å². The van der Waals surface area contributed by atoms with E-state index in [1.165, 1.54) is 6.07 Å². The highest BCUT2D eigenvalue weighted by Crippen LogP contribution is 2.25. The second-order valence-corrected chi connectivity index (χ2v) is 4.79. The first-order chi connectivity index (χ1) is 8.00. The van der Waals surface area contributed by atoms with Gasteiger partial charge in [-0.05, 0) is 39.3 Å². The minimum atomic E-state index is -0.767. The van der Waals surface area contributed by atoms with E-state index in [0.29, 0.717) is 0 Å². The molecule has 0 radical (unpaired) electrons. The molecule has 0 saturated carbocycles. The summed E-state index contributed by atoms with van der Waals surface area (Å²) in [5, 5.41) is 10.2. The van der Waals surface area contributed by atoms with Gasteiger partial charge in [0.2, 0.25) is 0 Å². The number of aromatic nitrogens is 4.